The molecule has 2 aromatic rings. The zero-order chi connectivity index (χ0) is 14.8. The highest BCUT2D eigenvalue weighted by molar-refractivity contribution is 6.31. The van der Waals surface area contributed by atoms with E-state index >= 15 is 0 Å². The predicted molar refractivity (Wildman–Crippen MR) is 81.0 cm³/mol. The molecular formula is C13H14Cl2N4O. The molecule has 1 unspecified atom stereocenters. The minimum absolute atomic E-state index is 0.0670. The van der Waals surface area contributed by atoms with Gasteiger partial charge < -0.3 is 16.2 Å². The molecule has 1 heterocycles. The van der Waals surface area contributed by atoms with Crippen molar-refractivity contribution in [2.24, 2.45) is 0 Å². The number of hydrogen-bond acceptors (Lipinski definition) is 5. The Hall–Kier alpha value is -1.56. The minimum Gasteiger partial charge on any atom is -0.384 e. The third-order valence-electron chi connectivity index (χ3n) is 2.78. The van der Waals surface area contributed by atoms with Crippen LogP contribution in [0, 0.1) is 0 Å². The minimum atomic E-state index is -1.16. The van der Waals surface area contributed by atoms with Crippen molar-refractivity contribution in [3.05, 3.63) is 46.1 Å². The summed E-state index contributed by atoms with van der Waals surface area (Å²) in [6.45, 7) is 1.86. The van der Waals surface area contributed by atoms with Crippen LogP contribution in [0.5, 0.6) is 0 Å². The number of anilines is 2. The van der Waals surface area contributed by atoms with Crippen molar-refractivity contribution in [3.63, 3.8) is 0 Å². The molecule has 1 aromatic heterocycles. The van der Waals surface area contributed by atoms with E-state index in [9.17, 15) is 5.11 Å². The molecular weight excluding hydrogens is 299 g/mol. The number of nitrogens with one attached hydrogen (secondary N) is 1. The van der Waals surface area contributed by atoms with E-state index < -0.39 is 5.60 Å². The van der Waals surface area contributed by atoms with E-state index in [-0.39, 0.29) is 17.6 Å². The van der Waals surface area contributed by atoms with E-state index in [1.165, 1.54) is 6.07 Å². The van der Waals surface area contributed by atoms with E-state index in [0.29, 0.717) is 16.4 Å². The summed E-state index contributed by atoms with van der Waals surface area (Å²) in [5.74, 6) is 0.507. The summed E-state index contributed by atoms with van der Waals surface area (Å²) in [7, 11) is 0. The second-order valence-electron chi connectivity index (χ2n) is 4.54. The Bertz CT molecular complexity index is 599. The monoisotopic (exact) mass is 312 g/mol. The normalized spacial score (nSPS) is 13.8. The number of aliphatic hydroxyl groups is 1. The van der Waals surface area contributed by atoms with Crippen molar-refractivity contribution >= 4 is 35.0 Å². The van der Waals surface area contributed by atoms with Gasteiger partial charge in [-0.1, -0.05) is 41.4 Å². The fraction of sp³-hybridized carbons (Fsp3) is 0.231. The molecule has 7 heteroatoms. The molecule has 0 fully saturated rings. The smallest absolute Gasteiger partial charge is 0.223 e. The fourth-order valence-electron chi connectivity index (χ4n) is 1.78. The van der Waals surface area contributed by atoms with Crippen LogP contribution in [0.15, 0.2) is 30.3 Å². The molecule has 0 aliphatic heterocycles. The molecule has 20 heavy (non-hydrogen) atoms. The summed E-state index contributed by atoms with van der Waals surface area (Å²) >= 11 is 11.9. The predicted octanol–water partition coefficient (Wildman–Crippen LogP) is 2.69. The van der Waals surface area contributed by atoms with Crippen molar-refractivity contribution in [2.75, 3.05) is 17.6 Å². The van der Waals surface area contributed by atoms with E-state index in [2.05, 4.69) is 15.3 Å². The van der Waals surface area contributed by atoms with Gasteiger partial charge in [-0.05, 0) is 13.0 Å². The number of aromatic nitrogens is 2. The van der Waals surface area contributed by atoms with E-state index in [1.54, 1.807) is 25.1 Å². The van der Waals surface area contributed by atoms with E-state index in [0.717, 1.165) is 0 Å². The molecule has 106 valence electrons. The lowest BCUT2D eigenvalue weighted by Crippen LogP contribution is -2.31. The van der Waals surface area contributed by atoms with Crippen LogP contribution in [0.25, 0.3) is 0 Å². The van der Waals surface area contributed by atoms with Crippen molar-refractivity contribution in [1.29, 1.82) is 0 Å². The fourth-order valence-corrected chi connectivity index (χ4v) is 2.31. The molecule has 0 bridgehead atoms. The van der Waals surface area contributed by atoms with E-state index in [1.807, 2.05) is 6.07 Å². The van der Waals surface area contributed by atoms with Gasteiger partial charge in [0.25, 0.3) is 0 Å². The SMILES string of the molecule is CC(O)(CNc1cc(Cl)nc(N)n1)c1ccccc1Cl. The third kappa shape index (κ3) is 3.50. The standard InChI is InChI=1S/C13H14Cl2N4O/c1-13(20,8-4-2-3-5-9(8)14)7-17-11-6-10(15)18-12(16)19-11/h2-6,20H,7H2,1H3,(H3,16,17,18,19). The van der Waals surface area contributed by atoms with Gasteiger partial charge in [0.2, 0.25) is 5.95 Å². The average molecular weight is 313 g/mol. The molecule has 2 rings (SSSR count). The summed E-state index contributed by atoms with van der Waals surface area (Å²) < 4.78 is 0. The molecule has 1 atom stereocenters. The molecule has 0 aliphatic rings. The van der Waals surface area contributed by atoms with Gasteiger partial charge in [0.15, 0.2) is 0 Å². The van der Waals surface area contributed by atoms with E-state index in [4.69, 9.17) is 28.9 Å². The number of benzene rings is 1. The maximum absolute atomic E-state index is 10.5. The highest BCUT2D eigenvalue weighted by atomic mass is 35.5. The number of halogens is 2. The Morgan fingerprint density at radius 2 is 2.00 bits per heavy atom. The van der Waals surface area contributed by atoms with Crippen LogP contribution < -0.4 is 11.1 Å². The Balaban J connectivity index is 2.15. The van der Waals surface area contributed by atoms with Crippen LogP contribution in [0.4, 0.5) is 11.8 Å². The zero-order valence-corrected chi connectivity index (χ0v) is 12.3. The van der Waals surface area contributed by atoms with Crippen molar-refractivity contribution in [2.45, 2.75) is 12.5 Å². The summed E-state index contributed by atoms with van der Waals surface area (Å²) in [4.78, 5) is 7.74. The lowest BCUT2D eigenvalue weighted by atomic mass is 9.96. The Morgan fingerprint density at radius 1 is 1.30 bits per heavy atom. The van der Waals surface area contributed by atoms with Crippen molar-refractivity contribution in [1.82, 2.24) is 9.97 Å². The Labute approximate surface area is 126 Å². The van der Waals surface area contributed by atoms with Gasteiger partial charge in [0.1, 0.15) is 16.6 Å². The molecule has 0 saturated heterocycles. The first-order chi connectivity index (χ1) is 9.38. The molecule has 0 aliphatic carbocycles. The van der Waals surface area contributed by atoms with Crippen LogP contribution in [0.3, 0.4) is 0 Å². The topological polar surface area (TPSA) is 84.1 Å². The van der Waals surface area contributed by atoms with Crippen LogP contribution in [0.2, 0.25) is 10.2 Å². The molecule has 1 aromatic carbocycles. The van der Waals surface area contributed by atoms with Crippen molar-refractivity contribution < 1.29 is 5.11 Å². The number of hydrogen-bond donors (Lipinski definition) is 3. The number of nitrogens with two attached hydrogens (primary N) is 1. The Kier molecular flexibility index (Phi) is 4.32. The lowest BCUT2D eigenvalue weighted by Gasteiger charge is -2.25. The van der Waals surface area contributed by atoms with Gasteiger partial charge in [-0.15, -0.1) is 0 Å². The quantitative estimate of drug-likeness (QED) is 0.756. The van der Waals surface area contributed by atoms with Gasteiger partial charge in [-0.3, -0.25) is 0 Å². The highest BCUT2D eigenvalue weighted by Gasteiger charge is 2.25. The first-order valence-electron chi connectivity index (χ1n) is 5.90. The number of nitrogens with zero attached hydrogens (tertiary/aromatic N) is 2. The van der Waals surface area contributed by atoms with Crippen molar-refractivity contribution in [3.8, 4) is 0 Å². The molecule has 0 radical (unpaired) electrons. The van der Waals surface area contributed by atoms with Crippen LogP contribution in [-0.4, -0.2) is 21.6 Å². The summed E-state index contributed by atoms with van der Waals surface area (Å²) in [5, 5.41) is 14.2. The lowest BCUT2D eigenvalue weighted by molar-refractivity contribution is 0.0715. The van der Waals surface area contributed by atoms with Gasteiger partial charge >= 0.3 is 0 Å². The summed E-state index contributed by atoms with van der Waals surface area (Å²) in [6.07, 6.45) is 0. The average Bonchev–Trinajstić information content (AvgIpc) is 2.36. The molecule has 4 N–H and O–H groups in total. The molecule has 0 spiro atoms. The maximum Gasteiger partial charge on any atom is 0.223 e. The van der Waals surface area contributed by atoms with Gasteiger partial charge in [-0.2, -0.15) is 4.98 Å². The second-order valence-corrected chi connectivity index (χ2v) is 5.34. The first-order valence-corrected chi connectivity index (χ1v) is 6.65. The summed E-state index contributed by atoms with van der Waals surface area (Å²) in [5.41, 5.74) is 4.97. The Morgan fingerprint density at radius 3 is 2.65 bits per heavy atom. The molecule has 5 nitrogen and oxygen atoms in total. The van der Waals surface area contributed by atoms with Gasteiger partial charge in [0, 0.05) is 23.2 Å². The summed E-state index contributed by atoms with van der Waals surface area (Å²) in [6, 6.07) is 8.65. The van der Waals surface area contributed by atoms with Gasteiger partial charge in [0.05, 0.1) is 0 Å². The van der Waals surface area contributed by atoms with Gasteiger partial charge in [-0.25, -0.2) is 4.98 Å². The van der Waals surface area contributed by atoms with Crippen LogP contribution >= 0.6 is 23.2 Å². The van der Waals surface area contributed by atoms with Crippen LogP contribution in [-0.2, 0) is 5.60 Å². The zero-order valence-electron chi connectivity index (χ0n) is 10.8. The second kappa shape index (κ2) is 5.83. The third-order valence-corrected chi connectivity index (χ3v) is 3.30. The van der Waals surface area contributed by atoms with Crippen LogP contribution in [0.1, 0.15) is 12.5 Å². The molecule has 0 amide bonds. The largest absolute Gasteiger partial charge is 0.384 e. The number of rotatable bonds is 4. The number of nitrogen functional groups attached to an aromatic ring is 1. The molecule has 0 saturated carbocycles. The highest BCUT2D eigenvalue weighted by Crippen LogP contribution is 2.28. The first kappa shape index (κ1) is 14.8. The maximum atomic E-state index is 10.5.